The molecule has 3 nitrogen and oxygen atoms in total. The third kappa shape index (κ3) is 3.63. The highest BCUT2D eigenvalue weighted by Gasteiger charge is 2.18. The summed E-state index contributed by atoms with van der Waals surface area (Å²) in [6.07, 6.45) is 0. The fourth-order valence-electron chi connectivity index (χ4n) is 2.53. The molecular formula is C18H20N2OS. The number of amides is 1. The molecule has 0 fully saturated rings. The first-order valence-corrected chi connectivity index (χ1v) is 8.50. The van der Waals surface area contributed by atoms with Crippen LogP contribution in [0.1, 0.15) is 11.1 Å². The number of aryl methyl sites for hydroxylation is 1. The largest absolute Gasteiger partial charge is 0.360 e. The van der Waals surface area contributed by atoms with Gasteiger partial charge in [0.15, 0.2) is 0 Å². The smallest absolute Gasteiger partial charge is 0.239 e. The molecule has 2 aromatic rings. The summed E-state index contributed by atoms with van der Waals surface area (Å²) in [5.41, 5.74) is 3.54. The predicted molar refractivity (Wildman–Crippen MR) is 92.4 cm³/mol. The van der Waals surface area contributed by atoms with Gasteiger partial charge in [-0.1, -0.05) is 42.0 Å². The molecule has 1 aliphatic rings. The second-order valence-corrected chi connectivity index (χ2v) is 6.64. The Balaban J connectivity index is 1.57. The van der Waals surface area contributed by atoms with E-state index in [0.29, 0.717) is 13.1 Å². The van der Waals surface area contributed by atoms with Gasteiger partial charge in [0.05, 0.1) is 12.2 Å². The molecule has 0 saturated carbocycles. The minimum absolute atomic E-state index is 0.0716. The lowest BCUT2D eigenvalue weighted by Crippen LogP contribution is -2.39. The molecule has 1 N–H and O–H groups in total. The number of carbonyl (C=O) groups is 1. The highest BCUT2D eigenvalue weighted by atomic mass is 32.2. The van der Waals surface area contributed by atoms with E-state index in [1.54, 1.807) is 0 Å². The molecule has 1 heterocycles. The fourth-order valence-corrected chi connectivity index (χ4v) is 3.58. The molecule has 1 aliphatic heterocycles. The lowest BCUT2D eigenvalue weighted by molar-refractivity contribution is -0.119. The lowest BCUT2D eigenvalue weighted by Gasteiger charge is -2.30. The Labute approximate surface area is 135 Å². The Morgan fingerprint density at radius 3 is 2.77 bits per heavy atom. The van der Waals surface area contributed by atoms with Crippen molar-refractivity contribution in [1.29, 1.82) is 0 Å². The summed E-state index contributed by atoms with van der Waals surface area (Å²) >= 11 is 1.86. The number of nitrogens with zero attached hydrogens (tertiary/aromatic N) is 1. The fraction of sp³-hybridized carbons (Fsp3) is 0.278. The van der Waals surface area contributed by atoms with Crippen molar-refractivity contribution >= 4 is 23.4 Å². The summed E-state index contributed by atoms with van der Waals surface area (Å²) < 4.78 is 0. The topological polar surface area (TPSA) is 32.3 Å². The second-order valence-electron chi connectivity index (χ2n) is 5.50. The van der Waals surface area contributed by atoms with E-state index in [9.17, 15) is 4.79 Å². The molecule has 0 atom stereocenters. The molecule has 4 heteroatoms. The van der Waals surface area contributed by atoms with Crippen LogP contribution in [0.3, 0.4) is 0 Å². The first kappa shape index (κ1) is 15.0. The van der Waals surface area contributed by atoms with Gasteiger partial charge in [-0.2, -0.15) is 0 Å². The monoisotopic (exact) mass is 312 g/mol. The van der Waals surface area contributed by atoms with Gasteiger partial charge in [0.2, 0.25) is 5.91 Å². The van der Waals surface area contributed by atoms with E-state index in [0.717, 1.165) is 17.9 Å². The molecule has 22 heavy (non-hydrogen) atoms. The number of anilines is 1. The van der Waals surface area contributed by atoms with Crippen molar-refractivity contribution in [2.24, 2.45) is 0 Å². The Morgan fingerprint density at radius 1 is 1.18 bits per heavy atom. The Hall–Kier alpha value is -1.94. The van der Waals surface area contributed by atoms with Crippen LogP contribution in [-0.4, -0.2) is 24.7 Å². The van der Waals surface area contributed by atoms with Crippen molar-refractivity contribution in [3.63, 3.8) is 0 Å². The quantitative estimate of drug-likeness (QED) is 0.941. The van der Waals surface area contributed by atoms with Crippen molar-refractivity contribution in [2.75, 3.05) is 23.7 Å². The maximum atomic E-state index is 12.2. The molecular weight excluding hydrogens is 292 g/mol. The molecule has 0 saturated heterocycles. The van der Waals surface area contributed by atoms with Crippen molar-refractivity contribution < 1.29 is 4.79 Å². The van der Waals surface area contributed by atoms with E-state index < -0.39 is 0 Å². The highest BCUT2D eigenvalue weighted by Crippen LogP contribution is 2.33. The highest BCUT2D eigenvalue weighted by molar-refractivity contribution is 7.99. The van der Waals surface area contributed by atoms with Crippen molar-refractivity contribution in [3.05, 3.63) is 59.7 Å². The van der Waals surface area contributed by atoms with Crippen LogP contribution in [0, 0.1) is 6.92 Å². The minimum Gasteiger partial charge on any atom is -0.360 e. The van der Waals surface area contributed by atoms with Gasteiger partial charge in [0.25, 0.3) is 0 Å². The normalized spacial score (nSPS) is 13.6. The van der Waals surface area contributed by atoms with Crippen molar-refractivity contribution in [2.45, 2.75) is 18.4 Å². The first-order valence-electron chi connectivity index (χ1n) is 7.51. The number of benzene rings is 2. The number of hydrogen-bond acceptors (Lipinski definition) is 3. The molecule has 2 aromatic carbocycles. The van der Waals surface area contributed by atoms with E-state index in [4.69, 9.17) is 0 Å². The molecule has 0 aromatic heterocycles. The number of para-hydroxylation sites is 1. The van der Waals surface area contributed by atoms with Crippen LogP contribution in [0.4, 0.5) is 5.69 Å². The van der Waals surface area contributed by atoms with Gasteiger partial charge in [-0.05, 0) is 24.6 Å². The number of thioether (sulfide) groups is 1. The predicted octanol–water partition coefficient (Wildman–Crippen LogP) is 3.22. The van der Waals surface area contributed by atoms with Gasteiger partial charge in [0, 0.05) is 23.7 Å². The zero-order valence-corrected chi connectivity index (χ0v) is 13.5. The average Bonchev–Trinajstić information content (AvgIpc) is 2.55. The lowest BCUT2D eigenvalue weighted by atomic mass is 10.1. The third-order valence-corrected chi connectivity index (χ3v) is 4.81. The number of carbonyl (C=O) groups excluding carboxylic acids is 1. The van der Waals surface area contributed by atoms with E-state index >= 15 is 0 Å². The van der Waals surface area contributed by atoms with Crippen LogP contribution in [0.25, 0.3) is 0 Å². The Kier molecular flexibility index (Phi) is 4.68. The van der Waals surface area contributed by atoms with Crippen LogP contribution in [0.5, 0.6) is 0 Å². The summed E-state index contributed by atoms with van der Waals surface area (Å²) in [6, 6.07) is 16.5. The number of rotatable bonds is 4. The zero-order valence-electron chi connectivity index (χ0n) is 12.7. The van der Waals surface area contributed by atoms with Crippen molar-refractivity contribution in [1.82, 2.24) is 5.32 Å². The number of nitrogens with one attached hydrogen (secondary N) is 1. The van der Waals surface area contributed by atoms with E-state index in [-0.39, 0.29) is 5.91 Å². The molecule has 1 amide bonds. The maximum absolute atomic E-state index is 12.2. The molecule has 3 rings (SSSR count). The summed E-state index contributed by atoms with van der Waals surface area (Å²) in [7, 11) is 0. The summed E-state index contributed by atoms with van der Waals surface area (Å²) in [5.74, 6) is 1.10. The van der Waals surface area contributed by atoms with Gasteiger partial charge in [0.1, 0.15) is 0 Å². The second kappa shape index (κ2) is 6.88. The van der Waals surface area contributed by atoms with Crippen molar-refractivity contribution in [3.8, 4) is 0 Å². The van der Waals surface area contributed by atoms with Gasteiger partial charge in [-0.3, -0.25) is 4.79 Å². The Morgan fingerprint density at radius 2 is 1.95 bits per heavy atom. The minimum atomic E-state index is 0.0716. The SMILES string of the molecule is Cc1ccc(CNC(=O)CN2CCSc3ccccc32)cc1. The molecule has 0 bridgehead atoms. The summed E-state index contributed by atoms with van der Waals surface area (Å²) in [6.45, 7) is 3.99. The van der Waals surface area contributed by atoms with Gasteiger partial charge >= 0.3 is 0 Å². The third-order valence-electron chi connectivity index (χ3n) is 3.77. The standard InChI is InChI=1S/C18H20N2OS/c1-14-6-8-15(9-7-14)12-19-18(21)13-20-10-11-22-17-5-3-2-4-16(17)20/h2-9H,10-13H2,1H3,(H,19,21). The average molecular weight is 312 g/mol. The van der Waals surface area contributed by atoms with Gasteiger partial charge in [-0.25, -0.2) is 0 Å². The van der Waals surface area contributed by atoms with Crippen LogP contribution in [0.2, 0.25) is 0 Å². The zero-order chi connectivity index (χ0) is 15.4. The molecule has 0 unspecified atom stereocenters. The first-order chi connectivity index (χ1) is 10.7. The molecule has 0 radical (unpaired) electrons. The van der Waals surface area contributed by atoms with Gasteiger partial charge in [-0.15, -0.1) is 11.8 Å². The van der Waals surface area contributed by atoms with Gasteiger partial charge < -0.3 is 10.2 Å². The summed E-state index contributed by atoms with van der Waals surface area (Å²) in [4.78, 5) is 15.6. The number of hydrogen-bond donors (Lipinski definition) is 1. The van der Waals surface area contributed by atoms with Crippen LogP contribution in [0.15, 0.2) is 53.4 Å². The maximum Gasteiger partial charge on any atom is 0.239 e. The van der Waals surface area contributed by atoms with E-state index in [2.05, 4.69) is 53.5 Å². The van der Waals surface area contributed by atoms with Crippen LogP contribution < -0.4 is 10.2 Å². The van der Waals surface area contributed by atoms with Crippen LogP contribution >= 0.6 is 11.8 Å². The van der Waals surface area contributed by atoms with E-state index in [1.165, 1.54) is 16.1 Å². The van der Waals surface area contributed by atoms with E-state index in [1.807, 2.05) is 23.9 Å². The number of fused-ring (bicyclic) bond motifs is 1. The molecule has 0 aliphatic carbocycles. The molecule has 0 spiro atoms. The summed E-state index contributed by atoms with van der Waals surface area (Å²) in [5, 5.41) is 3.01. The molecule has 114 valence electrons. The Bertz CT molecular complexity index is 654. The van der Waals surface area contributed by atoms with Crippen LogP contribution in [-0.2, 0) is 11.3 Å².